The molecular formula is C34H39ClFN5O3. The van der Waals surface area contributed by atoms with Gasteiger partial charge in [-0.05, 0) is 94.3 Å². The average molecular weight is 620 g/mol. The van der Waals surface area contributed by atoms with Crippen LogP contribution in [0, 0.1) is 32.0 Å². The number of halogens is 2. The summed E-state index contributed by atoms with van der Waals surface area (Å²) >= 11 is 5.98. The van der Waals surface area contributed by atoms with Crippen LogP contribution >= 0.6 is 11.6 Å². The highest BCUT2D eigenvalue weighted by molar-refractivity contribution is 6.30. The molecule has 1 saturated carbocycles. The van der Waals surface area contributed by atoms with Gasteiger partial charge >= 0.3 is 5.97 Å². The van der Waals surface area contributed by atoms with Crippen molar-refractivity contribution < 1.29 is 19.1 Å². The van der Waals surface area contributed by atoms with Crippen LogP contribution in [0.2, 0.25) is 5.02 Å². The summed E-state index contributed by atoms with van der Waals surface area (Å²) in [6.45, 7) is 16.3. The van der Waals surface area contributed by atoms with Crippen LogP contribution in [-0.4, -0.2) is 63.6 Å². The van der Waals surface area contributed by atoms with E-state index in [4.69, 9.17) is 21.6 Å². The molecule has 4 heterocycles. The molecule has 1 aromatic carbocycles. The number of aryl methyl sites for hydroxylation is 1. The zero-order valence-electron chi connectivity index (χ0n) is 26.4. The Morgan fingerprint density at radius 3 is 2.27 bits per heavy atom. The summed E-state index contributed by atoms with van der Waals surface area (Å²) in [6, 6.07) is 8.61. The number of nitrogens with zero attached hydrogens (tertiary/aromatic N) is 5. The second-order valence-corrected chi connectivity index (χ2v) is 14.6. The summed E-state index contributed by atoms with van der Waals surface area (Å²) in [5, 5.41) is 9.75. The number of benzene rings is 1. The molecule has 0 radical (unpaired) electrons. The summed E-state index contributed by atoms with van der Waals surface area (Å²) in [5.41, 5.74) is 4.62. The first-order chi connectivity index (χ1) is 20.5. The van der Waals surface area contributed by atoms with Crippen molar-refractivity contribution in [3.05, 3.63) is 74.9 Å². The lowest BCUT2D eigenvalue weighted by Crippen LogP contribution is -2.61. The number of piperazine rings is 1. The molecule has 44 heavy (non-hydrogen) atoms. The lowest BCUT2D eigenvalue weighted by atomic mass is 9.53. The Balaban J connectivity index is 1.29. The number of aromatic nitrogens is 2. The molecule has 232 valence electrons. The molecule has 0 atom stereocenters. The first kappa shape index (κ1) is 30.3. The van der Waals surface area contributed by atoms with Gasteiger partial charge in [-0.1, -0.05) is 25.4 Å². The fraction of sp³-hybridized carbons (Fsp3) is 0.471. The summed E-state index contributed by atoms with van der Waals surface area (Å²) in [4.78, 5) is 41.8. The number of anilines is 3. The average Bonchev–Trinajstić information content (AvgIpc) is 3.24. The molecule has 10 heteroatoms. The van der Waals surface area contributed by atoms with Crippen molar-refractivity contribution in [3.63, 3.8) is 0 Å². The smallest absolute Gasteiger partial charge is 0.337 e. The maximum atomic E-state index is 14.5. The van der Waals surface area contributed by atoms with Gasteiger partial charge in [-0.2, -0.15) is 0 Å². The molecule has 1 aliphatic carbocycles. The lowest BCUT2D eigenvalue weighted by molar-refractivity contribution is 0.0501. The number of hydrogen-bond donors (Lipinski definition) is 1. The van der Waals surface area contributed by atoms with E-state index >= 15 is 0 Å². The number of pyridine rings is 2. The van der Waals surface area contributed by atoms with Gasteiger partial charge in [-0.25, -0.2) is 19.2 Å². The van der Waals surface area contributed by atoms with Gasteiger partial charge in [0.1, 0.15) is 17.3 Å². The van der Waals surface area contributed by atoms with Crippen molar-refractivity contribution in [1.82, 2.24) is 14.9 Å². The molecule has 1 spiro atoms. The first-order valence-corrected chi connectivity index (χ1v) is 15.4. The van der Waals surface area contributed by atoms with Gasteiger partial charge in [0, 0.05) is 37.3 Å². The Morgan fingerprint density at radius 1 is 0.955 bits per heavy atom. The van der Waals surface area contributed by atoms with Crippen molar-refractivity contribution in [2.75, 3.05) is 36.0 Å². The normalized spacial score (nSPS) is 19.6. The topological polar surface area (TPSA) is 89.9 Å². The molecule has 3 aliphatic rings. The van der Waals surface area contributed by atoms with Crippen LogP contribution in [0.25, 0.3) is 0 Å². The van der Waals surface area contributed by atoms with E-state index in [1.807, 2.05) is 44.7 Å². The molecule has 0 unspecified atom stereocenters. The van der Waals surface area contributed by atoms with E-state index in [2.05, 4.69) is 23.6 Å². The van der Waals surface area contributed by atoms with E-state index in [-0.39, 0.29) is 27.3 Å². The molecule has 1 amide bonds. The summed E-state index contributed by atoms with van der Waals surface area (Å²) in [6.07, 6.45) is 1.86. The van der Waals surface area contributed by atoms with Crippen LogP contribution < -0.4 is 9.80 Å². The van der Waals surface area contributed by atoms with Crippen LogP contribution in [0.15, 0.2) is 30.3 Å². The number of hydrogen-bond acceptors (Lipinski definition) is 6. The number of carboxylic acids is 1. The van der Waals surface area contributed by atoms with Crippen LogP contribution in [0.5, 0.6) is 0 Å². The number of carboxylic acid groups (broad SMARTS) is 1. The van der Waals surface area contributed by atoms with Gasteiger partial charge in [0.15, 0.2) is 0 Å². The summed E-state index contributed by atoms with van der Waals surface area (Å²) in [5.74, 6) is -0.805. The van der Waals surface area contributed by atoms with Crippen LogP contribution in [-0.2, 0) is 5.41 Å². The number of carbonyl (C=O) groups excluding carboxylic acids is 1. The minimum Gasteiger partial charge on any atom is -0.478 e. The van der Waals surface area contributed by atoms with E-state index in [0.29, 0.717) is 43.1 Å². The Bertz CT molecular complexity index is 1710. The standard InChI is InChI=1S/C34H39ClFN5O3/c1-19-20(2)29(37-21(3)27(19)31(43)44)39-12-13-41(33(6,7)17-39)30(42)25-10-11-26-28(38-25)34(15-32(4,5)16-34)18-40(26)22-8-9-23(35)24(36)14-22/h8-11,14H,12-13,15-18H2,1-7H3,(H,43,44). The van der Waals surface area contributed by atoms with Gasteiger partial charge in [-0.3, -0.25) is 4.79 Å². The highest BCUT2D eigenvalue weighted by Crippen LogP contribution is 2.61. The minimum atomic E-state index is -0.976. The molecule has 2 aliphatic heterocycles. The van der Waals surface area contributed by atoms with Crippen molar-refractivity contribution in [1.29, 1.82) is 0 Å². The van der Waals surface area contributed by atoms with Crippen molar-refractivity contribution in [2.24, 2.45) is 5.41 Å². The zero-order chi connectivity index (χ0) is 31.9. The maximum Gasteiger partial charge on any atom is 0.337 e. The third-order valence-electron chi connectivity index (χ3n) is 9.76. The van der Waals surface area contributed by atoms with Gasteiger partial charge in [0.2, 0.25) is 0 Å². The molecule has 1 saturated heterocycles. The minimum absolute atomic E-state index is 0.0860. The molecule has 2 fully saturated rings. The second-order valence-electron chi connectivity index (χ2n) is 14.2. The van der Waals surface area contributed by atoms with Crippen LogP contribution in [0.3, 0.4) is 0 Å². The largest absolute Gasteiger partial charge is 0.478 e. The Labute approximate surface area is 262 Å². The highest BCUT2D eigenvalue weighted by atomic mass is 35.5. The monoisotopic (exact) mass is 619 g/mol. The Morgan fingerprint density at radius 2 is 1.66 bits per heavy atom. The van der Waals surface area contributed by atoms with E-state index in [9.17, 15) is 19.1 Å². The van der Waals surface area contributed by atoms with Crippen molar-refractivity contribution in [2.45, 2.75) is 72.3 Å². The fourth-order valence-corrected chi connectivity index (χ4v) is 8.10. The van der Waals surface area contributed by atoms with Crippen LogP contribution in [0.1, 0.15) is 83.9 Å². The lowest BCUT2D eigenvalue weighted by Gasteiger charge is -2.51. The predicted octanol–water partition coefficient (Wildman–Crippen LogP) is 6.84. The Kier molecular flexibility index (Phi) is 7.00. The molecule has 6 rings (SSSR count). The molecule has 2 aromatic heterocycles. The molecule has 8 nitrogen and oxygen atoms in total. The van der Waals surface area contributed by atoms with E-state index < -0.39 is 17.3 Å². The van der Waals surface area contributed by atoms with Crippen molar-refractivity contribution >= 4 is 40.7 Å². The van der Waals surface area contributed by atoms with E-state index in [0.717, 1.165) is 41.3 Å². The van der Waals surface area contributed by atoms with Gasteiger partial charge in [-0.15, -0.1) is 0 Å². The third kappa shape index (κ3) is 4.80. The zero-order valence-corrected chi connectivity index (χ0v) is 27.1. The van der Waals surface area contributed by atoms with E-state index in [1.54, 1.807) is 19.1 Å². The predicted molar refractivity (Wildman–Crippen MR) is 170 cm³/mol. The van der Waals surface area contributed by atoms with Crippen LogP contribution in [0.4, 0.5) is 21.6 Å². The van der Waals surface area contributed by atoms with Gasteiger partial charge in [0.25, 0.3) is 5.91 Å². The van der Waals surface area contributed by atoms with E-state index in [1.165, 1.54) is 6.07 Å². The number of fused-ring (bicyclic) bond motifs is 2. The number of amides is 1. The number of carbonyl (C=O) groups is 2. The fourth-order valence-electron chi connectivity index (χ4n) is 7.98. The quantitative estimate of drug-likeness (QED) is 0.342. The second kappa shape index (κ2) is 10.2. The van der Waals surface area contributed by atoms with Crippen molar-refractivity contribution in [3.8, 4) is 0 Å². The first-order valence-electron chi connectivity index (χ1n) is 15.1. The highest BCUT2D eigenvalue weighted by Gasteiger charge is 2.57. The number of rotatable bonds is 4. The maximum absolute atomic E-state index is 14.5. The summed E-state index contributed by atoms with van der Waals surface area (Å²) in [7, 11) is 0. The molecular weight excluding hydrogens is 581 g/mol. The molecule has 1 N–H and O–H groups in total. The van der Waals surface area contributed by atoms with Gasteiger partial charge in [0.05, 0.1) is 33.2 Å². The molecule has 3 aromatic rings. The Hall–Kier alpha value is -3.72. The van der Waals surface area contributed by atoms with Gasteiger partial charge < -0.3 is 19.8 Å². The number of aromatic carboxylic acids is 1. The summed E-state index contributed by atoms with van der Waals surface area (Å²) < 4.78 is 14.5. The third-order valence-corrected chi connectivity index (χ3v) is 10.1. The molecule has 0 bridgehead atoms. The SMILES string of the molecule is Cc1nc(N2CCN(C(=O)c3ccc4c(n3)C3(CN4c4ccc(Cl)c(F)c4)CC(C)(C)C3)C(C)(C)C2)c(C)c(C)c1C(=O)O.